The zero-order valence-corrected chi connectivity index (χ0v) is 13.1. The molecule has 2 heterocycles. The molecular formula is C16H28N4O. The second-order valence-electron chi connectivity index (χ2n) is 6.77. The van der Waals surface area contributed by atoms with Gasteiger partial charge < -0.3 is 4.74 Å². The van der Waals surface area contributed by atoms with Crippen LogP contribution in [0.4, 0.5) is 0 Å². The Kier molecular flexibility index (Phi) is 4.62. The number of rotatable bonds is 5. The second-order valence-corrected chi connectivity index (χ2v) is 6.77. The van der Waals surface area contributed by atoms with Crippen LogP contribution in [0.5, 0.6) is 0 Å². The number of hydrogen-bond acceptors (Lipinski definition) is 4. The quantitative estimate of drug-likeness (QED) is 0.646. The van der Waals surface area contributed by atoms with Crippen molar-refractivity contribution in [3.63, 3.8) is 0 Å². The number of nitrogens with zero attached hydrogens (tertiary/aromatic N) is 2. The first-order valence-electron chi connectivity index (χ1n) is 8.35. The fourth-order valence-electron chi connectivity index (χ4n) is 3.77. The van der Waals surface area contributed by atoms with Gasteiger partial charge in [0.1, 0.15) is 0 Å². The molecule has 1 saturated carbocycles. The molecule has 1 aliphatic heterocycles. The molecule has 5 heteroatoms. The van der Waals surface area contributed by atoms with Crippen LogP contribution < -0.4 is 11.3 Å². The Hall–Kier alpha value is -0.910. The molecule has 0 radical (unpaired) electrons. The first-order valence-corrected chi connectivity index (χ1v) is 8.35. The number of aromatic nitrogens is 2. The predicted octanol–water partition coefficient (Wildman–Crippen LogP) is 2.33. The predicted molar refractivity (Wildman–Crippen MR) is 82.8 cm³/mol. The molecule has 2 unspecified atom stereocenters. The van der Waals surface area contributed by atoms with Crippen molar-refractivity contribution in [1.29, 1.82) is 0 Å². The number of nitrogens with two attached hydrogens (primary N) is 1. The molecule has 3 rings (SSSR count). The van der Waals surface area contributed by atoms with Gasteiger partial charge in [-0.15, -0.1) is 0 Å². The highest BCUT2D eigenvalue weighted by Gasteiger charge is 2.38. The summed E-state index contributed by atoms with van der Waals surface area (Å²) >= 11 is 0. The van der Waals surface area contributed by atoms with E-state index in [4.69, 9.17) is 15.7 Å². The lowest BCUT2D eigenvalue weighted by atomic mass is 9.90. The third kappa shape index (κ3) is 3.30. The minimum absolute atomic E-state index is 0.120. The van der Waals surface area contributed by atoms with E-state index in [0.29, 0.717) is 6.04 Å². The van der Waals surface area contributed by atoms with E-state index in [0.717, 1.165) is 31.6 Å². The Balaban J connectivity index is 1.65. The second kappa shape index (κ2) is 6.46. The maximum absolute atomic E-state index is 5.91. The molecule has 2 atom stereocenters. The fraction of sp³-hybridized carbons (Fsp3) is 0.812. The van der Waals surface area contributed by atoms with Gasteiger partial charge in [-0.1, -0.05) is 19.3 Å². The van der Waals surface area contributed by atoms with Crippen molar-refractivity contribution in [2.75, 3.05) is 6.61 Å². The number of nitrogens with one attached hydrogen (secondary N) is 1. The fourth-order valence-corrected chi connectivity index (χ4v) is 3.77. The molecule has 0 amide bonds. The molecular weight excluding hydrogens is 264 g/mol. The molecule has 0 aromatic carbocycles. The molecule has 3 N–H and O–H groups in total. The first-order chi connectivity index (χ1) is 10.2. The topological polar surface area (TPSA) is 65.1 Å². The van der Waals surface area contributed by atoms with Crippen LogP contribution >= 0.6 is 0 Å². The Morgan fingerprint density at radius 1 is 1.43 bits per heavy atom. The van der Waals surface area contributed by atoms with Crippen LogP contribution in [-0.2, 0) is 11.2 Å². The lowest BCUT2D eigenvalue weighted by Gasteiger charge is -2.32. The van der Waals surface area contributed by atoms with Gasteiger partial charge in [0.2, 0.25) is 0 Å². The van der Waals surface area contributed by atoms with Gasteiger partial charge in [0, 0.05) is 19.2 Å². The Morgan fingerprint density at radius 3 is 2.90 bits per heavy atom. The summed E-state index contributed by atoms with van der Waals surface area (Å²) in [6.45, 7) is 2.99. The maximum Gasteiger partial charge on any atom is 0.0824 e. The van der Waals surface area contributed by atoms with Gasteiger partial charge in [0.05, 0.1) is 23.4 Å². The molecule has 2 fully saturated rings. The summed E-state index contributed by atoms with van der Waals surface area (Å²) < 4.78 is 8.08. The third-order valence-electron chi connectivity index (χ3n) is 5.21. The summed E-state index contributed by atoms with van der Waals surface area (Å²) in [5, 5.41) is 4.79. The standard InChI is InChI=1S/C16H28N4O/c1-16(9-5-11-21-16)15(18-17)12-13-8-10-20(19-13)14-6-3-2-4-7-14/h8,10,14-15,18H,2-7,9,11-12,17H2,1H3. The minimum Gasteiger partial charge on any atom is -0.374 e. The Morgan fingerprint density at radius 2 is 2.24 bits per heavy atom. The van der Waals surface area contributed by atoms with E-state index in [1.165, 1.54) is 32.1 Å². The van der Waals surface area contributed by atoms with Crippen LogP contribution in [0.15, 0.2) is 12.3 Å². The summed E-state index contributed by atoms with van der Waals surface area (Å²) in [6.07, 6.45) is 11.7. The number of hydrazine groups is 1. The van der Waals surface area contributed by atoms with Gasteiger partial charge in [-0.25, -0.2) is 0 Å². The summed E-state index contributed by atoms with van der Waals surface area (Å²) in [5.74, 6) is 5.77. The van der Waals surface area contributed by atoms with Crippen LogP contribution in [0.25, 0.3) is 0 Å². The molecule has 0 bridgehead atoms. The smallest absolute Gasteiger partial charge is 0.0824 e. The molecule has 1 saturated heterocycles. The van der Waals surface area contributed by atoms with Crippen molar-refractivity contribution in [3.8, 4) is 0 Å². The molecule has 118 valence electrons. The monoisotopic (exact) mass is 292 g/mol. The van der Waals surface area contributed by atoms with Crippen LogP contribution in [0, 0.1) is 0 Å². The van der Waals surface area contributed by atoms with Gasteiger partial charge in [-0.3, -0.25) is 16.0 Å². The summed E-state index contributed by atoms with van der Waals surface area (Å²) in [7, 11) is 0. The van der Waals surface area contributed by atoms with Crippen molar-refractivity contribution < 1.29 is 4.74 Å². The van der Waals surface area contributed by atoms with E-state index in [1.807, 2.05) is 0 Å². The van der Waals surface area contributed by atoms with E-state index < -0.39 is 0 Å². The van der Waals surface area contributed by atoms with Crippen LogP contribution in [0.2, 0.25) is 0 Å². The Labute approximate surface area is 127 Å². The number of ether oxygens (including phenoxy) is 1. The molecule has 1 aromatic rings. The van der Waals surface area contributed by atoms with Gasteiger partial charge in [-0.2, -0.15) is 5.10 Å². The lowest BCUT2D eigenvalue weighted by molar-refractivity contribution is -0.0118. The van der Waals surface area contributed by atoms with Crippen LogP contribution in [0.1, 0.15) is 63.6 Å². The van der Waals surface area contributed by atoms with Crippen LogP contribution in [-0.4, -0.2) is 28.0 Å². The molecule has 0 spiro atoms. The molecule has 1 aromatic heterocycles. The highest BCUT2D eigenvalue weighted by Crippen LogP contribution is 2.31. The third-order valence-corrected chi connectivity index (χ3v) is 5.21. The lowest BCUT2D eigenvalue weighted by Crippen LogP contribution is -2.52. The van der Waals surface area contributed by atoms with E-state index in [-0.39, 0.29) is 11.6 Å². The average Bonchev–Trinajstić information content (AvgIpc) is 3.15. The van der Waals surface area contributed by atoms with Gasteiger partial charge in [-0.05, 0) is 38.7 Å². The SMILES string of the molecule is CC1(C(Cc2ccn(C3CCCCC3)n2)NN)CCCO1. The normalized spacial score (nSPS) is 28.9. The van der Waals surface area contributed by atoms with Gasteiger partial charge in [0.25, 0.3) is 0 Å². The average molecular weight is 292 g/mol. The highest BCUT2D eigenvalue weighted by atomic mass is 16.5. The largest absolute Gasteiger partial charge is 0.374 e. The molecule has 1 aliphatic carbocycles. The first kappa shape index (κ1) is 15.0. The van der Waals surface area contributed by atoms with E-state index in [1.54, 1.807) is 0 Å². The molecule has 21 heavy (non-hydrogen) atoms. The van der Waals surface area contributed by atoms with Crippen molar-refractivity contribution in [2.45, 2.75) is 76.0 Å². The Bertz CT molecular complexity index is 447. The van der Waals surface area contributed by atoms with E-state index >= 15 is 0 Å². The van der Waals surface area contributed by atoms with Crippen molar-refractivity contribution in [1.82, 2.24) is 15.2 Å². The van der Waals surface area contributed by atoms with E-state index in [9.17, 15) is 0 Å². The zero-order valence-electron chi connectivity index (χ0n) is 13.1. The number of hydrogen-bond donors (Lipinski definition) is 2. The summed E-state index contributed by atoms with van der Waals surface area (Å²) in [6, 6.07) is 2.85. The summed E-state index contributed by atoms with van der Waals surface area (Å²) in [4.78, 5) is 0. The molecule has 5 nitrogen and oxygen atoms in total. The summed E-state index contributed by atoms with van der Waals surface area (Å²) in [5.41, 5.74) is 3.90. The molecule has 2 aliphatic rings. The van der Waals surface area contributed by atoms with Crippen molar-refractivity contribution >= 4 is 0 Å². The zero-order chi connectivity index (χ0) is 14.7. The van der Waals surface area contributed by atoms with Gasteiger partial charge >= 0.3 is 0 Å². The van der Waals surface area contributed by atoms with Crippen LogP contribution in [0.3, 0.4) is 0 Å². The maximum atomic E-state index is 5.91. The van der Waals surface area contributed by atoms with Crippen molar-refractivity contribution in [2.24, 2.45) is 5.84 Å². The minimum atomic E-state index is -0.163. The highest BCUT2D eigenvalue weighted by molar-refractivity contribution is 5.06. The van der Waals surface area contributed by atoms with Crippen molar-refractivity contribution in [3.05, 3.63) is 18.0 Å². The van der Waals surface area contributed by atoms with Gasteiger partial charge in [0.15, 0.2) is 0 Å². The van der Waals surface area contributed by atoms with E-state index in [2.05, 4.69) is 29.3 Å².